The van der Waals surface area contributed by atoms with Gasteiger partial charge in [-0.2, -0.15) is 10.2 Å². The predicted octanol–water partition coefficient (Wildman–Crippen LogP) is 2.65. The highest BCUT2D eigenvalue weighted by atomic mass is 32.2. The van der Waals surface area contributed by atoms with E-state index in [1.165, 1.54) is 0 Å². The van der Waals surface area contributed by atoms with E-state index in [-0.39, 0.29) is 28.7 Å². The lowest BCUT2D eigenvalue weighted by Gasteiger charge is -2.47. The van der Waals surface area contributed by atoms with Gasteiger partial charge in [-0.25, -0.2) is 18.4 Å². The molecule has 1 spiro atoms. The molecule has 0 bridgehead atoms. The number of rotatable bonds is 6. The van der Waals surface area contributed by atoms with Crippen LogP contribution in [0.15, 0.2) is 36.8 Å². The van der Waals surface area contributed by atoms with Gasteiger partial charge in [0.2, 0.25) is 5.95 Å². The van der Waals surface area contributed by atoms with Crippen molar-refractivity contribution in [1.82, 2.24) is 20.2 Å². The lowest BCUT2D eigenvalue weighted by molar-refractivity contribution is 0.224. The van der Waals surface area contributed by atoms with E-state index < -0.39 is 9.84 Å². The van der Waals surface area contributed by atoms with Gasteiger partial charge in [0.25, 0.3) is 0 Å². The Kier molecular flexibility index (Phi) is 5.90. The zero-order valence-corrected chi connectivity index (χ0v) is 21.3. The van der Waals surface area contributed by atoms with Crippen molar-refractivity contribution in [2.75, 3.05) is 35.2 Å². The maximum atomic E-state index is 11.9. The van der Waals surface area contributed by atoms with Gasteiger partial charge in [0.05, 0.1) is 29.1 Å². The van der Waals surface area contributed by atoms with Crippen LogP contribution in [0.1, 0.15) is 47.4 Å². The summed E-state index contributed by atoms with van der Waals surface area (Å²) in [5.41, 5.74) is 10.5. The number of anilines is 2. The minimum atomic E-state index is -2.93. The second kappa shape index (κ2) is 8.81. The number of benzene rings is 1. The predicted molar refractivity (Wildman–Crippen MR) is 137 cm³/mol. The highest BCUT2D eigenvalue weighted by molar-refractivity contribution is 7.91. The molecule has 5 rings (SSSR count). The molecule has 0 saturated carbocycles. The van der Waals surface area contributed by atoms with Crippen molar-refractivity contribution in [2.45, 2.75) is 33.3 Å². The minimum absolute atomic E-state index is 0.164. The number of nitrogen functional groups attached to an aromatic ring is 1. The third-order valence-electron chi connectivity index (χ3n) is 7.02. The molecule has 4 heterocycles. The maximum Gasteiger partial charge on any atom is 0.225 e. The summed E-state index contributed by atoms with van der Waals surface area (Å²) in [7, 11) is -2.93. The summed E-state index contributed by atoms with van der Waals surface area (Å²) in [6.45, 7) is 7.10. The Balaban J connectivity index is 1.29. The van der Waals surface area contributed by atoms with Crippen LogP contribution in [-0.4, -0.2) is 58.9 Å². The number of nitrogens with one attached hydrogen (secondary N) is 1. The van der Waals surface area contributed by atoms with E-state index in [4.69, 9.17) is 15.9 Å². The molecule has 3 aromatic rings. The smallest absolute Gasteiger partial charge is 0.225 e. The average Bonchev–Trinajstić information content (AvgIpc) is 3.15. The van der Waals surface area contributed by atoms with Crippen molar-refractivity contribution in [3.63, 3.8) is 0 Å². The van der Waals surface area contributed by atoms with Gasteiger partial charge in [0, 0.05) is 53.3 Å². The highest BCUT2D eigenvalue weighted by Gasteiger charge is 2.51. The van der Waals surface area contributed by atoms with Crippen molar-refractivity contribution in [2.24, 2.45) is 5.41 Å². The third-order valence-corrected chi connectivity index (χ3v) is 8.90. The van der Waals surface area contributed by atoms with Gasteiger partial charge in [0.1, 0.15) is 11.9 Å². The number of ether oxygens (including phenoxy) is 1. The fraction of sp³-hybridized carbons (Fsp3) is 0.400. The van der Waals surface area contributed by atoms with E-state index in [2.05, 4.69) is 20.2 Å². The van der Waals surface area contributed by atoms with Gasteiger partial charge in [0.15, 0.2) is 9.84 Å². The molecule has 36 heavy (non-hydrogen) atoms. The zero-order chi connectivity index (χ0) is 25.7. The van der Waals surface area contributed by atoms with Crippen molar-refractivity contribution < 1.29 is 13.2 Å². The number of nitrogens with two attached hydrogens (primary N) is 1. The third kappa shape index (κ3) is 4.50. The fourth-order valence-electron chi connectivity index (χ4n) is 5.22. The van der Waals surface area contributed by atoms with Crippen molar-refractivity contribution in [3.8, 4) is 5.75 Å². The van der Waals surface area contributed by atoms with Gasteiger partial charge in [-0.05, 0) is 51.0 Å². The van der Waals surface area contributed by atoms with Crippen molar-refractivity contribution in [1.29, 1.82) is 5.41 Å². The monoisotopic (exact) mass is 507 g/mol. The van der Waals surface area contributed by atoms with Gasteiger partial charge in [-0.3, -0.25) is 5.41 Å². The average molecular weight is 508 g/mol. The Morgan fingerprint density at radius 3 is 2.56 bits per heavy atom. The Morgan fingerprint density at radius 2 is 1.92 bits per heavy atom. The molecule has 10 nitrogen and oxygen atoms in total. The summed E-state index contributed by atoms with van der Waals surface area (Å²) >= 11 is 0. The quantitative estimate of drug-likeness (QED) is 0.379. The van der Waals surface area contributed by atoms with E-state index in [9.17, 15) is 8.42 Å². The van der Waals surface area contributed by atoms with Crippen molar-refractivity contribution in [3.05, 3.63) is 64.7 Å². The Bertz CT molecular complexity index is 1410. The van der Waals surface area contributed by atoms with Crippen LogP contribution in [0.3, 0.4) is 0 Å². The van der Waals surface area contributed by atoms with Crippen LogP contribution < -0.4 is 15.4 Å². The van der Waals surface area contributed by atoms with E-state index in [0.717, 1.165) is 16.8 Å². The van der Waals surface area contributed by atoms with Crippen LogP contribution in [0.4, 0.5) is 11.6 Å². The van der Waals surface area contributed by atoms with E-state index in [0.29, 0.717) is 48.0 Å². The molecular formula is C25H29N7O3S. The highest BCUT2D eigenvalue weighted by Crippen LogP contribution is 2.42. The number of aryl methyl sites for hydroxylation is 2. The lowest BCUT2D eigenvalue weighted by Crippen LogP contribution is -2.57. The molecule has 2 fully saturated rings. The van der Waals surface area contributed by atoms with Crippen LogP contribution in [0, 0.1) is 24.7 Å². The van der Waals surface area contributed by atoms with Gasteiger partial charge in [-0.15, -0.1) is 0 Å². The summed E-state index contributed by atoms with van der Waals surface area (Å²) in [6.07, 6.45) is 5.36. The zero-order valence-electron chi connectivity index (χ0n) is 20.5. The summed E-state index contributed by atoms with van der Waals surface area (Å²) in [4.78, 5) is 10.9. The molecule has 3 N–H and O–H groups in total. The van der Waals surface area contributed by atoms with E-state index in [1.807, 2.05) is 25.7 Å². The molecule has 2 aliphatic heterocycles. The number of aromatic nitrogens is 4. The first-order chi connectivity index (χ1) is 17.1. The molecule has 0 unspecified atom stereocenters. The number of hydrogen-bond donors (Lipinski definition) is 2. The lowest BCUT2D eigenvalue weighted by atomic mass is 9.80. The van der Waals surface area contributed by atoms with E-state index >= 15 is 0 Å². The summed E-state index contributed by atoms with van der Waals surface area (Å²) in [5.74, 6) is 1.63. The molecule has 1 atom stereocenters. The first-order valence-electron chi connectivity index (χ1n) is 11.8. The fourth-order valence-corrected chi connectivity index (χ4v) is 7.37. The number of nitrogens with zero attached hydrogens (tertiary/aromatic N) is 5. The van der Waals surface area contributed by atoms with E-state index in [1.54, 1.807) is 36.8 Å². The molecule has 2 aromatic heterocycles. The van der Waals surface area contributed by atoms with Crippen molar-refractivity contribution >= 4 is 27.2 Å². The van der Waals surface area contributed by atoms with Crippen LogP contribution in [0.25, 0.3) is 0 Å². The Morgan fingerprint density at radius 1 is 1.19 bits per heavy atom. The van der Waals surface area contributed by atoms with Gasteiger partial charge in [-0.1, -0.05) is 0 Å². The maximum absolute atomic E-state index is 11.9. The second-order valence-electron chi connectivity index (χ2n) is 9.88. The number of hydrogen-bond acceptors (Lipinski definition) is 10. The van der Waals surface area contributed by atoms with Gasteiger partial charge < -0.3 is 15.4 Å². The summed E-state index contributed by atoms with van der Waals surface area (Å²) in [5, 5.41) is 16.8. The first-order valence-corrected chi connectivity index (χ1v) is 13.6. The van der Waals surface area contributed by atoms with Crippen LogP contribution in [0.5, 0.6) is 5.75 Å². The summed E-state index contributed by atoms with van der Waals surface area (Å²) < 4.78 is 29.9. The second-order valence-corrected chi connectivity index (χ2v) is 12.1. The SMILES string of the molecule is Cc1cnnc(C)c1[C@@H](C)Oc1ccc(N)c(C(=N)c2cnc(N3CC4(CCS(=O)(=O)C4)C3)nc2)c1. The molecule has 0 aliphatic carbocycles. The van der Waals surface area contributed by atoms with Crippen LogP contribution >= 0.6 is 0 Å². The molecule has 2 aliphatic rings. The topological polar surface area (TPSA) is 148 Å². The van der Waals surface area contributed by atoms with Crippen LogP contribution in [0.2, 0.25) is 0 Å². The van der Waals surface area contributed by atoms with Gasteiger partial charge >= 0.3 is 0 Å². The molecule has 188 valence electrons. The molecular weight excluding hydrogens is 478 g/mol. The normalized spacial score (nSPS) is 18.6. The standard InChI is InChI=1S/C25H29N7O3S/c1-15-9-30-31-16(2)22(15)17(3)35-19-4-5-21(26)20(8-19)23(27)18-10-28-24(29-11-18)32-12-25(13-32)6-7-36(33,34)14-25/h4-5,8-11,17,27H,6-7,12-14,26H2,1-3H3/t17-/m1/s1. The molecule has 0 amide bonds. The molecule has 0 radical (unpaired) electrons. The largest absolute Gasteiger partial charge is 0.486 e. The minimum Gasteiger partial charge on any atom is -0.486 e. The molecule has 1 aromatic carbocycles. The molecule has 11 heteroatoms. The summed E-state index contributed by atoms with van der Waals surface area (Å²) in [6, 6.07) is 5.26. The Hall–Kier alpha value is -3.60. The van der Waals surface area contributed by atoms with Crippen LogP contribution in [-0.2, 0) is 9.84 Å². The number of sulfone groups is 1. The first kappa shape index (κ1) is 24.1. The molecule has 2 saturated heterocycles. The Labute approximate surface area is 210 Å².